The molecule has 0 bridgehead atoms. The van der Waals surface area contributed by atoms with Crippen LogP contribution in [0.2, 0.25) is 0 Å². The number of carbonyl (C=O) groups excluding carboxylic acids is 1. The second kappa shape index (κ2) is 6.92. The molecule has 2 rings (SSSR count). The van der Waals surface area contributed by atoms with Gasteiger partial charge in [-0.2, -0.15) is 0 Å². The van der Waals surface area contributed by atoms with Crippen molar-refractivity contribution in [3.63, 3.8) is 0 Å². The highest BCUT2D eigenvalue weighted by molar-refractivity contribution is 5.92. The Morgan fingerprint density at radius 2 is 2.05 bits per heavy atom. The predicted molar refractivity (Wildman–Crippen MR) is 86.5 cm³/mol. The fourth-order valence-electron chi connectivity index (χ4n) is 3.50. The van der Waals surface area contributed by atoms with E-state index in [1.165, 1.54) is 32.1 Å². The second-order valence-electron chi connectivity index (χ2n) is 6.65. The summed E-state index contributed by atoms with van der Waals surface area (Å²) in [5.74, 6) is 1.33. The highest BCUT2D eigenvalue weighted by atomic mass is 16.1. The maximum atomic E-state index is 12.3. The summed E-state index contributed by atoms with van der Waals surface area (Å²) in [7, 11) is 1.81. The lowest BCUT2D eigenvalue weighted by atomic mass is 9.78. The van der Waals surface area contributed by atoms with E-state index in [0.29, 0.717) is 17.0 Å². The van der Waals surface area contributed by atoms with Crippen LogP contribution in [0.3, 0.4) is 0 Å². The van der Waals surface area contributed by atoms with Crippen LogP contribution in [0.5, 0.6) is 0 Å². The molecule has 1 saturated carbocycles. The summed E-state index contributed by atoms with van der Waals surface area (Å²) < 4.78 is 0. The fourth-order valence-corrected chi connectivity index (χ4v) is 3.50. The minimum atomic E-state index is -0.0675. The molecule has 1 amide bonds. The van der Waals surface area contributed by atoms with Crippen LogP contribution in [0.15, 0.2) is 18.2 Å². The molecule has 116 valence electrons. The summed E-state index contributed by atoms with van der Waals surface area (Å²) in [5.41, 5.74) is 0.782. The Kier molecular flexibility index (Phi) is 5.21. The van der Waals surface area contributed by atoms with Gasteiger partial charge in [0, 0.05) is 13.6 Å². The van der Waals surface area contributed by atoms with Crippen molar-refractivity contribution in [1.29, 1.82) is 0 Å². The molecule has 4 heteroatoms. The van der Waals surface area contributed by atoms with Crippen molar-refractivity contribution in [1.82, 2.24) is 10.3 Å². The number of aromatic nitrogens is 1. The number of amides is 1. The van der Waals surface area contributed by atoms with Gasteiger partial charge in [0.25, 0.3) is 5.91 Å². The molecule has 21 heavy (non-hydrogen) atoms. The van der Waals surface area contributed by atoms with Crippen molar-refractivity contribution >= 4 is 11.7 Å². The standard InChI is InChI=1S/C17H27N3O/c1-13(2)11-17(9-4-5-10-17)12-19-16(21)14-7-6-8-15(18-3)20-14/h6-8,13H,4-5,9-12H2,1-3H3,(H,18,20)(H,19,21). The molecule has 0 unspecified atom stereocenters. The van der Waals surface area contributed by atoms with Gasteiger partial charge in [-0.05, 0) is 42.7 Å². The minimum Gasteiger partial charge on any atom is -0.373 e. The largest absolute Gasteiger partial charge is 0.373 e. The third-order valence-electron chi connectivity index (χ3n) is 4.37. The number of hydrogen-bond donors (Lipinski definition) is 2. The molecule has 2 N–H and O–H groups in total. The van der Waals surface area contributed by atoms with Crippen LogP contribution in [0, 0.1) is 11.3 Å². The van der Waals surface area contributed by atoms with E-state index in [1.807, 2.05) is 12.1 Å². The van der Waals surface area contributed by atoms with Gasteiger partial charge < -0.3 is 10.6 Å². The topological polar surface area (TPSA) is 54.0 Å². The second-order valence-corrected chi connectivity index (χ2v) is 6.65. The van der Waals surface area contributed by atoms with E-state index in [-0.39, 0.29) is 5.91 Å². The molecule has 1 aliphatic carbocycles. The monoisotopic (exact) mass is 289 g/mol. The van der Waals surface area contributed by atoms with Crippen molar-refractivity contribution in [3.8, 4) is 0 Å². The van der Waals surface area contributed by atoms with Crippen LogP contribution in [0.25, 0.3) is 0 Å². The van der Waals surface area contributed by atoms with Crippen LogP contribution in [0.1, 0.15) is 56.4 Å². The number of hydrogen-bond acceptors (Lipinski definition) is 3. The van der Waals surface area contributed by atoms with E-state index >= 15 is 0 Å². The summed E-state index contributed by atoms with van der Waals surface area (Å²) in [4.78, 5) is 16.6. The molecule has 0 saturated heterocycles. The van der Waals surface area contributed by atoms with Gasteiger partial charge in [-0.15, -0.1) is 0 Å². The van der Waals surface area contributed by atoms with Crippen LogP contribution in [-0.2, 0) is 0 Å². The Hall–Kier alpha value is -1.58. The number of pyridine rings is 1. The SMILES string of the molecule is CNc1cccc(C(=O)NCC2(CC(C)C)CCCC2)n1. The Morgan fingerprint density at radius 1 is 1.33 bits per heavy atom. The molecule has 1 fully saturated rings. The number of rotatable bonds is 6. The van der Waals surface area contributed by atoms with Gasteiger partial charge in [-0.3, -0.25) is 4.79 Å². The summed E-state index contributed by atoms with van der Waals surface area (Å²) in [6.45, 7) is 5.30. The molecule has 0 aliphatic heterocycles. The van der Waals surface area contributed by atoms with Crippen molar-refractivity contribution < 1.29 is 4.79 Å². The van der Waals surface area contributed by atoms with Crippen molar-refractivity contribution in [2.24, 2.45) is 11.3 Å². The molecular formula is C17H27N3O. The van der Waals surface area contributed by atoms with Crippen LogP contribution >= 0.6 is 0 Å². The lowest BCUT2D eigenvalue weighted by Crippen LogP contribution is -2.37. The first-order valence-electron chi connectivity index (χ1n) is 7.98. The molecule has 0 aromatic carbocycles. The van der Waals surface area contributed by atoms with E-state index in [1.54, 1.807) is 13.1 Å². The maximum Gasteiger partial charge on any atom is 0.269 e. The van der Waals surface area contributed by atoms with Gasteiger partial charge in [-0.25, -0.2) is 4.98 Å². The van der Waals surface area contributed by atoms with Gasteiger partial charge in [0.1, 0.15) is 11.5 Å². The average molecular weight is 289 g/mol. The van der Waals surface area contributed by atoms with Crippen LogP contribution < -0.4 is 10.6 Å². The van der Waals surface area contributed by atoms with Crippen LogP contribution in [0.4, 0.5) is 5.82 Å². The zero-order valence-electron chi connectivity index (χ0n) is 13.4. The number of nitrogens with zero attached hydrogens (tertiary/aromatic N) is 1. The van der Waals surface area contributed by atoms with Crippen molar-refractivity contribution in [3.05, 3.63) is 23.9 Å². The maximum absolute atomic E-state index is 12.3. The first-order valence-corrected chi connectivity index (χ1v) is 7.98. The molecule has 1 aromatic heterocycles. The van der Waals surface area contributed by atoms with E-state index in [9.17, 15) is 4.79 Å². The summed E-state index contributed by atoms with van der Waals surface area (Å²) >= 11 is 0. The molecule has 1 heterocycles. The molecule has 4 nitrogen and oxygen atoms in total. The van der Waals surface area contributed by atoms with E-state index in [4.69, 9.17) is 0 Å². The van der Waals surface area contributed by atoms with Gasteiger partial charge in [-0.1, -0.05) is 32.8 Å². The van der Waals surface area contributed by atoms with E-state index < -0.39 is 0 Å². The Bertz CT molecular complexity index is 479. The molecule has 0 spiro atoms. The molecule has 1 aromatic rings. The van der Waals surface area contributed by atoms with E-state index in [0.717, 1.165) is 12.4 Å². The normalized spacial score (nSPS) is 17.0. The fraction of sp³-hybridized carbons (Fsp3) is 0.647. The Morgan fingerprint density at radius 3 is 2.67 bits per heavy atom. The lowest BCUT2D eigenvalue weighted by Gasteiger charge is -2.31. The highest BCUT2D eigenvalue weighted by Crippen LogP contribution is 2.42. The summed E-state index contributed by atoms with van der Waals surface area (Å²) in [6.07, 6.45) is 6.23. The molecule has 0 radical (unpaired) electrons. The summed E-state index contributed by atoms with van der Waals surface area (Å²) in [6, 6.07) is 5.47. The van der Waals surface area contributed by atoms with Gasteiger partial charge in [0.15, 0.2) is 0 Å². The average Bonchev–Trinajstić information content (AvgIpc) is 2.93. The molecular weight excluding hydrogens is 262 g/mol. The first-order chi connectivity index (χ1) is 10.0. The van der Waals surface area contributed by atoms with Gasteiger partial charge in [0.2, 0.25) is 0 Å². The quantitative estimate of drug-likeness (QED) is 0.843. The van der Waals surface area contributed by atoms with Crippen molar-refractivity contribution in [2.75, 3.05) is 18.9 Å². The zero-order valence-corrected chi connectivity index (χ0v) is 13.4. The van der Waals surface area contributed by atoms with Gasteiger partial charge in [0.05, 0.1) is 0 Å². The third kappa shape index (κ3) is 4.19. The van der Waals surface area contributed by atoms with E-state index in [2.05, 4.69) is 29.5 Å². The Balaban J connectivity index is 1.98. The Labute approximate surface area is 127 Å². The highest BCUT2D eigenvalue weighted by Gasteiger charge is 2.34. The van der Waals surface area contributed by atoms with Crippen LogP contribution in [-0.4, -0.2) is 24.5 Å². The van der Waals surface area contributed by atoms with Gasteiger partial charge >= 0.3 is 0 Å². The molecule has 1 aliphatic rings. The lowest BCUT2D eigenvalue weighted by molar-refractivity contribution is 0.0917. The summed E-state index contributed by atoms with van der Waals surface area (Å²) in [5, 5.41) is 6.07. The first kappa shape index (κ1) is 15.8. The molecule has 0 atom stereocenters. The number of nitrogens with one attached hydrogen (secondary N) is 2. The zero-order chi connectivity index (χ0) is 15.3. The number of anilines is 1. The smallest absolute Gasteiger partial charge is 0.269 e. The third-order valence-corrected chi connectivity index (χ3v) is 4.37. The minimum absolute atomic E-state index is 0.0675. The van der Waals surface area contributed by atoms with Crippen molar-refractivity contribution in [2.45, 2.75) is 46.0 Å². The number of carbonyl (C=O) groups is 1. The predicted octanol–water partition coefficient (Wildman–Crippen LogP) is 3.46.